The number of nitrogens with one attached hydrogen (secondary N) is 2. The highest BCUT2D eigenvalue weighted by Gasteiger charge is 2.22. The molecule has 0 bridgehead atoms. The number of carbonyl (C=O) groups is 1. The molecule has 0 spiro atoms. The Morgan fingerprint density at radius 2 is 1.81 bits per heavy atom. The third kappa shape index (κ3) is 5.53. The highest BCUT2D eigenvalue weighted by Crippen LogP contribution is 2.31. The molecule has 170 valence electrons. The topological polar surface area (TPSA) is 96.3 Å². The van der Waals surface area contributed by atoms with E-state index in [1.807, 2.05) is 31.5 Å². The van der Waals surface area contributed by atoms with Gasteiger partial charge in [0.15, 0.2) is 0 Å². The quantitative estimate of drug-likeness (QED) is 0.582. The molecule has 0 aliphatic heterocycles. The van der Waals surface area contributed by atoms with E-state index in [4.69, 9.17) is 0 Å². The molecule has 1 heterocycles. The summed E-state index contributed by atoms with van der Waals surface area (Å²) in [7, 11) is -3.47. The summed E-state index contributed by atoms with van der Waals surface area (Å²) in [6, 6.07) is 8.93. The minimum atomic E-state index is -3.47. The van der Waals surface area contributed by atoms with Crippen molar-refractivity contribution in [3.05, 3.63) is 42.1 Å². The first kappa shape index (κ1) is 23.4. The van der Waals surface area contributed by atoms with Crippen molar-refractivity contribution >= 4 is 21.7 Å². The van der Waals surface area contributed by atoms with Crippen molar-refractivity contribution in [1.82, 2.24) is 19.4 Å². The van der Waals surface area contributed by atoms with Gasteiger partial charge in [-0.05, 0) is 37.5 Å². The van der Waals surface area contributed by atoms with Crippen molar-refractivity contribution in [3.8, 4) is 0 Å². The minimum absolute atomic E-state index is 0.101. The molecule has 1 fully saturated rings. The number of hydrogen-bond acceptors (Lipinski definition) is 5. The van der Waals surface area contributed by atoms with Crippen LogP contribution in [0.3, 0.4) is 0 Å². The maximum atomic E-state index is 12.6. The molecule has 1 aliphatic rings. The van der Waals surface area contributed by atoms with Crippen LogP contribution in [-0.2, 0) is 14.8 Å². The van der Waals surface area contributed by atoms with Gasteiger partial charge in [0, 0.05) is 25.2 Å². The van der Waals surface area contributed by atoms with E-state index in [-0.39, 0.29) is 23.4 Å². The van der Waals surface area contributed by atoms with Gasteiger partial charge >= 0.3 is 0 Å². The molecule has 1 atom stereocenters. The van der Waals surface area contributed by atoms with Crippen LogP contribution in [0, 0.1) is 0 Å². The number of carbonyl (C=O) groups excluding carboxylic acids is 1. The van der Waals surface area contributed by atoms with E-state index >= 15 is 0 Å². The van der Waals surface area contributed by atoms with E-state index in [9.17, 15) is 13.2 Å². The molecule has 2 N–H and O–H groups in total. The maximum Gasteiger partial charge on any atom is 0.243 e. The summed E-state index contributed by atoms with van der Waals surface area (Å²) >= 11 is 0. The van der Waals surface area contributed by atoms with Crippen LogP contribution in [-0.4, -0.2) is 48.0 Å². The number of sulfonamides is 1. The first-order valence-electron chi connectivity index (χ1n) is 11.0. The molecule has 1 aromatic heterocycles. The predicted octanol–water partition coefficient (Wildman–Crippen LogP) is 3.32. The van der Waals surface area contributed by atoms with Gasteiger partial charge < -0.3 is 10.6 Å². The Morgan fingerprint density at radius 1 is 1.16 bits per heavy atom. The Bertz CT molecular complexity index is 961. The lowest BCUT2D eigenvalue weighted by Crippen LogP contribution is -2.31. The number of rotatable bonds is 10. The lowest BCUT2D eigenvalue weighted by molar-refractivity contribution is -0.115. The van der Waals surface area contributed by atoms with Crippen LogP contribution in [0.25, 0.3) is 0 Å². The molecule has 3 rings (SSSR count). The molecule has 0 unspecified atom stereocenters. The molecule has 31 heavy (non-hydrogen) atoms. The summed E-state index contributed by atoms with van der Waals surface area (Å²) < 4.78 is 28.6. The van der Waals surface area contributed by atoms with Crippen LogP contribution < -0.4 is 10.6 Å². The van der Waals surface area contributed by atoms with Crippen LogP contribution in [0.4, 0.5) is 5.82 Å². The van der Waals surface area contributed by atoms with Gasteiger partial charge in [0.05, 0.1) is 23.7 Å². The third-order valence-corrected chi connectivity index (χ3v) is 7.96. The molecule has 0 radical (unpaired) electrons. The molecule has 1 aliphatic carbocycles. The van der Waals surface area contributed by atoms with Gasteiger partial charge in [-0.2, -0.15) is 9.40 Å². The second kappa shape index (κ2) is 10.4. The monoisotopic (exact) mass is 447 g/mol. The number of benzene rings is 1. The molecule has 0 saturated heterocycles. The van der Waals surface area contributed by atoms with Crippen molar-refractivity contribution in [1.29, 1.82) is 0 Å². The van der Waals surface area contributed by atoms with Gasteiger partial charge in [-0.15, -0.1) is 0 Å². The van der Waals surface area contributed by atoms with Crippen LogP contribution in [0.2, 0.25) is 0 Å². The number of amides is 1. The fourth-order valence-corrected chi connectivity index (χ4v) is 5.50. The van der Waals surface area contributed by atoms with E-state index in [1.54, 1.807) is 30.5 Å². The zero-order valence-corrected chi connectivity index (χ0v) is 19.4. The number of anilines is 1. The summed E-state index contributed by atoms with van der Waals surface area (Å²) in [4.78, 5) is 12.7. The van der Waals surface area contributed by atoms with Crippen molar-refractivity contribution in [2.75, 3.05) is 25.0 Å². The van der Waals surface area contributed by atoms with Gasteiger partial charge in [-0.3, -0.25) is 4.79 Å². The molecule has 2 aromatic rings. The van der Waals surface area contributed by atoms with E-state index in [2.05, 4.69) is 15.7 Å². The van der Waals surface area contributed by atoms with Gasteiger partial charge in [-0.25, -0.2) is 13.1 Å². The SMILES string of the molecule is CCN(CC)S(=O)(=O)c1ccc([C@@H](C)NCC(=O)Nc2ccnn2C2CCCC2)cc1. The predicted molar refractivity (Wildman–Crippen MR) is 121 cm³/mol. The first-order chi connectivity index (χ1) is 14.9. The van der Waals surface area contributed by atoms with E-state index < -0.39 is 10.0 Å². The minimum Gasteiger partial charge on any atom is -0.310 e. The highest BCUT2D eigenvalue weighted by atomic mass is 32.2. The fraction of sp³-hybridized carbons (Fsp3) is 0.545. The summed E-state index contributed by atoms with van der Waals surface area (Å²) in [6.45, 7) is 6.63. The van der Waals surface area contributed by atoms with Crippen molar-refractivity contribution < 1.29 is 13.2 Å². The Kier molecular flexibility index (Phi) is 7.85. The van der Waals surface area contributed by atoms with Crippen LogP contribution >= 0.6 is 0 Å². The molecular weight excluding hydrogens is 414 g/mol. The lowest BCUT2D eigenvalue weighted by atomic mass is 10.1. The standard InChI is InChI=1S/C22H33N5O3S/c1-4-26(5-2)31(29,30)20-12-10-18(11-13-20)17(3)23-16-22(28)25-21-14-15-24-27(21)19-8-6-7-9-19/h10-15,17,19,23H,4-9,16H2,1-3H3,(H,25,28)/t17-/m1/s1. The van der Waals surface area contributed by atoms with E-state index in [0.717, 1.165) is 24.2 Å². The fourth-order valence-electron chi connectivity index (χ4n) is 4.04. The molecule has 1 amide bonds. The molecule has 1 aromatic carbocycles. The van der Waals surface area contributed by atoms with E-state index in [0.29, 0.717) is 19.1 Å². The third-order valence-electron chi connectivity index (χ3n) is 5.90. The molecule has 1 saturated carbocycles. The number of hydrogen-bond donors (Lipinski definition) is 2. The van der Waals surface area contributed by atoms with Gasteiger partial charge in [0.2, 0.25) is 15.9 Å². The zero-order chi connectivity index (χ0) is 22.4. The Balaban J connectivity index is 1.55. The average molecular weight is 448 g/mol. The smallest absolute Gasteiger partial charge is 0.243 e. The highest BCUT2D eigenvalue weighted by molar-refractivity contribution is 7.89. The normalized spacial score (nSPS) is 16.0. The van der Waals surface area contributed by atoms with Gasteiger partial charge in [0.25, 0.3) is 0 Å². The average Bonchev–Trinajstić information content (AvgIpc) is 3.44. The maximum absolute atomic E-state index is 12.6. The summed E-state index contributed by atoms with van der Waals surface area (Å²) in [5, 5.41) is 10.5. The van der Waals surface area contributed by atoms with Gasteiger partial charge in [-0.1, -0.05) is 38.8 Å². The van der Waals surface area contributed by atoms with Crippen molar-refractivity contribution in [2.45, 2.75) is 63.4 Å². The molecule has 8 nitrogen and oxygen atoms in total. The molecule has 9 heteroatoms. The van der Waals surface area contributed by atoms with Crippen molar-refractivity contribution in [2.24, 2.45) is 0 Å². The second-order valence-electron chi connectivity index (χ2n) is 7.91. The lowest BCUT2D eigenvalue weighted by Gasteiger charge is -2.19. The van der Waals surface area contributed by atoms with Crippen LogP contribution in [0.5, 0.6) is 0 Å². The summed E-state index contributed by atoms with van der Waals surface area (Å²) in [5.74, 6) is 0.602. The summed E-state index contributed by atoms with van der Waals surface area (Å²) in [5.41, 5.74) is 0.919. The summed E-state index contributed by atoms with van der Waals surface area (Å²) in [6.07, 6.45) is 6.31. The largest absolute Gasteiger partial charge is 0.310 e. The van der Waals surface area contributed by atoms with E-state index in [1.165, 1.54) is 17.1 Å². The Morgan fingerprint density at radius 3 is 2.42 bits per heavy atom. The number of aromatic nitrogens is 2. The Hall–Kier alpha value is -2.23. The number of nitrogens with zero attached hydrogens (tertiary/aromatic N) is 3. The molecular formula is C22H33N5O3S. The van der Waals surface area contributed by atoms with Crippen LogP contribution in [0.15, 0.2) is 41.4 Å². The van der Waals surface area contributed by atoms with Crippen LogP contribution in [0.1, 0.15) is 64.1 Å². The Labute approximate surface area is 185 Å². The zero-order valence-electron chi connectivity index (χ0n) is 18.5. The first-order valence-corrected chi connectivity index (χ1v) is 12.5. The van der Waals surface area contributed by atoms with Gasteiger partial charge in [0.1, 0.15) is 5.82 Å². The van der Waals surface area contributed by atoms with Crippen molar-refractivity contribution in [3.63, 3.8) is 0 Å². The second-order valence-corrected chi connectivity index (χ2v) is 9.85.